The van der Waals surface area contributed by atoms with Gasteiger partial charge in [0.05, 0.1) is 0 Å². The lowest BCUT2D eigenvalue weighted by Crippen LogP contribution is -2.53. The highest BCUT2D eigenvalue weighted by Gasteiger charge is 2.54. The highest BCUT2D eigenvalue weighted by Crippen LogP contribution is 2.50. The minimum absolute atomic E-state index is 0.485. The molecule has 2 heteroatoms. The predicted molar refractivity (Wildman–Crippen MR) is 50.9 cm³/mol. The van der Waals surface area contributed by atoms with E-state index >= 15 is 0 Å². The van der Waals surface area contributed by atoms with Crippen molar-refractivity contribution in [3.8, 4) is 0 Å². The fourth-order valence-electron chi connectivity index (χ4n) is 2.90. The number of nitrogens with zero attached hydrogens (tertiary/aromatic N) is 1. The lowest BCUT2D eigenvalue weighted by Gasteiger charge is -2.46. The van der Waals surface area contributed by atoms with Crippen molar-refractivity contribution in [2.24, 2.45) is 17.1 Å². The molecule has 0 aromatic rings. The predicted octanol–water partition coefficient (Wildman–Crippen LogP) is 1.06. The molecule has 0 spiro atoms. The van der Waals surface area contributed by atoms with Crippen molar-refractivity contribution in [1.82, 2.24) is 4.90 Å². The third-order valence-electron chi connectivity index (χ3n) is 3.84. The normalized spacial score (nSPS) is 47.8. The van der Waals surface area contributed by atoms with Crippen molar-refractivity contribution in [3.63, 3.8) is 0 Å². The zero-order valence-electron chi connectivity index (χ0n) is 8.38. The van der Waals surface area contributed by atoms with Crippen LogP contribution < -0.4 is 5.73 Å². The van der Waals surface area contributed by atoms with Gasteiger partial charge in [-0.05, 0) is 31.6 Å². The summed E-state index contributed by atoms with van der Waals surface area (Å²) in [5.41, 5.74) is 6.54. The molecule has 1 saturated heterocycles. The average molecular weight is 168 g/mol. The zero-order chi connectivity index (χ0) is 8.93. The number of likely N-dealkylation sites (tertiary alicyclic amines) is 1. The molecule has 2 aliphatic rings. The largest absolute Gasteiger partial charge is 0.327 e. The summed E-state index contributed by atoms with van der Waals surface area (Å²) in [5.74, 6) is 0.778. The quantitative estimate of drug-likeness (QED) is 0.634. The maximum absolute atomic E-state index is 5.98. The van der Waals surface area contributed by atoms with E-state index in [0.717, 1.165) is 5.92 Å². The van der Waals surface area contributed by atoms with Crippen LogP contribution in [0.2, 0.25) is 0 Å². The Kier molecular flexibility index (Phi) is 1.74. The topological polar surface area (TPSA) is 29.3 Å². The minimum atomic E-state index is 0.485. The third-order valence-corrected chi connectivity index (χ3v) is 3.84. The zero-order valence-corrected chi connectivity index (χ0v) is 8.38. The van der Waals surface area contributed by atoms with Crippen LogP contribution in [0.15, 0.2) is 0 Å². The van der Waals surface area contributed by atoms with Crippen LogP contribution in [-0.4, -0.2) is 30.1 Å². The minimum Gasteiger partial charge on any atom is -0.327 e. The second-order valence-electron chi connectivity index (χ2n) is 5.15. The maximum atomic E-state index is 5.98. The summed E-state index contributed by atoms with van der Waals surface area (Å²) >= 11 is 0. The van der Waals surface area contributed by atoms with E-state index in [1.54, 1.807) is 0 Å². The van der Waals surface area contributed by atoms with Gasteiger partial charge in [-0.15, -0.1) is 0 Å². The van der Waals surface area contributed by atoms with E-state index in [2.05, 4.69) is 25.7 Å². The molecule has 2 rings (SSSR count). The molecule has 2 nitrogen and oxygen atoms in total. The number of fused-ring (bicyclic) bond motifs is 1. The van der Waals surface area contributed by atoms with Gasteiger partial charge in [0, 0.05) is 25.2 Å². The molecule has 1 aliphatic heterocycles. The summed E-state index contributed by atoms with van der Waals surface area (Å²) in [5, 5.41) is 0. The first-order valence-corrected chi connectivity index (χ1v) is 5.02. The Hall–Kier alpha value is -0.0800. The Morgan fingerprint density at radius 3 is 2.58 bits per heavy atom. The summed E-state index contributed by atoms with van der Waals surface area (Å²) in [6.45, 7) is 9.45. The monoisotopic (exact) mass is 168 g/mol. The van der Waals surface area contributed by atoms with Crippen molar-refractivity contribution < 1.29 is 0 Å². The van der Waals surface area contributed by atoms with Gasteiger partial charge >= 0.3 is 0 Å². The van der Waals surface area contributed by atoms with Gasteiger partial charge in [0.25, 0.3) is 0 Å². The highest BCUT2D eigenvalue weighted by atomic mass is 15.2. The van der Waals surface area contributed by atoms with Crippen LogP contribution in [-0.2, 0) is 0 Å². The van der Waals surface area contributed by atoms with Crippen LogP contribution in [0, 0.1) is 11.3 Å². The van der Waals surface area contributed by atoms with Gasteiger partial charge < -0.3 is 10.6 Å². The van der Waals surface area contributed by atoms with Gasteiger partial charge in [-0.3, -0.25) is 0 Å². The Balaban J connectivity index is 2.04. The van der Waals surface area contributed by atoms with Gasteiger partial charge in [0.1, 0.15) is 0 Å². The molecule has 0 radical (unpaired) electrons. The Morgan fingerprint density at radius 2 is 2.17 bits per heavy atom. The van der Waals surface area contributed by atoms with Gasteiger partial charge in [-0.1, -0.05) is 6.92 Å². The smallest absolute Gasteiger partial charge is 0.00908 e. The number of rotatable bonds is 1. The molecular weight excluding hydrogens is 148 g/mol. The number of hydrogen-bond donors (Lipinski definition) is 1. The first-order chi connectivity index (χ1) is 5.53. The molecule has 70 valence electrons. The standard InChI is InChI=1S/C10H20N2/c1-7(2)12-5-8-9(11)4-10(8,3)6-12/h7-9H,4-6,11H2,1-3H3/t8?,9-,10-/m0/s1. The molecule has 0 aromatic heterocycles. The van der Waals surface area contributed by atoms with Crippen molar-refractivity contribution in [2.75, 3.05) is 13.1 Å². The molecule has 1 heterocycles. The van der Waals surface area contributed by atoms with E-state index in [9.17, 15) is 0 Å². The molecule has 12 heavy (non-hydrogen) atoms. The summed E-state index contributed by atoms with van der Waals surface area (Å²) in [6.07, 6.45) is 1.24. The number of nitrogens with two attached hydrogens (primary N) is 1. The summed E-state index contributed by atoms with van der Waals surface area (Å²) in [6, 6.07) is 1.18. The van der Waals surface area contributed by atoms with Gasteiger partial charge in [0.15, 0.2) is 0 Å². The molecular formula is C10H20N2. The Labute approximate surface area is 75.1 Å². The van der Waals surface area contributed by atoms with E-state index in [1.165, 1.54) is 19.5 Å². The second-order valence-corrected chi connectivity index (χ2v) is 5.15. The lowest BCUT2D eigenvalue weighted by atomic mass is 9.60. The summed E-state index contributed by atoms with van der Waals surface area (Å²) in [7, 11) is 0. The van der Waals surface area contributed by atoms with Crippen LogP contribution in [0.3, 0.4) is 0 Å². The first kappa shape index (κ1) is 8.52. The van der Waals surface area contributed by atoms with Crippen molar-refractivity contribution in [3.05, 3.63) is 0 Å². The molecule has 2 N–H and O–H groups in total. The van der Waals surface area contributed by atoms with E-state index in [4.69, 9.17) is 5.73 Å². The Morgan fingerprint density at radius 1 is 1.50 bits per heavy atom. The lowest BCUT2D eigenvalue weighted by molar-refractivity contribution is 0.0754. The summed E-state index contributed by atoms with van der Waals surface area (Å²) < 4.78 is 0. The fourth-order valence-corrected chi connectivity index (χ4v) is 2.90. The second kappa shape index (κ2) is 2.46. The molecule has 0 bridgehead atoms. The fraction of sp³-hybridized carbons (Fsp3) is 1.00. The van der Waals surface area contributed by atoms with E-state index < -0.39 is 0 Å². The molecule has 1 aliphatic carbocycles. The van der Waals surface area contributed by atoms with Gasteiger partial charge in [-0.25, -0.2) is 0 Å². The van der Waals surface area contributed by atoms with E-state index in [-0.39, 0.29) is 0 Å². The van der Waals surface area contributed by atoms with Gasteiger partial charge in [-0.2, -0.15) is 0 Å². The third kappa shape index (κ3) is 1.01. The van der Waals surface area contributed by atoms with Crippen molar-refractivity contribution in [2.45, 2.75) is 39.3 Å². The first-order valence-electron chi connectivity index (χ1n) is 5.02. The van der Waals surface area contributed by atoms with Crippen LogP contribution in [0.4, 0.5) is 0 Å². The van der Waals surface area contributed by atoms with Crippen LogP contribution >= 0.6 is 0 Å². The Bertz CT molecular complexity index is 190. The van der Waals surface area contributed by atoms with Crippen LogP contribution in [0.5, 0.6) is 0 Å². The molecule has 1 saturated carbocycles. The van der Waals surface area contributed by atoms with E-state index in [1.807, 2.05) is 0 Å². The van der Waals surface area contributed by atoms with Crippen molar-refractivity contribution >= 4 is 0 Å². The maximum Gasteiger partial charge on any atom is 0.00908 e. The average Bonchev–Trinajstić information content (AvgIpc) is 2.22. The molecule has 3 atom stereocenters. The van der Waals surface area contributed by atoms with Crippen LogP contribution in [0.1, 0.15) is 27.2 Å². The molecule has 0 amide bonds. The number of hydrogen-bond acceptors (Lipinski definition) is 2. The van der Waals surface area contributed by atoms with Gasteiger partial charge in [0.2, 0.25) is 0 Å². The SMILES string of the molecule is CC(C)N1CC2[C@@H](N)C[C@@]2(C)C1. The van der Waals surface area contributed by atoms with Crippen molar-refractivity contribution in [1.29, 1.82) is 0 Å². The molecule has 2 fully saturated rings. The highest BCUT2D eigenvalue weighted by molar-refractivity contribution is 5.08. The molecule has 1 unspecified atom stereocenters. The van der Waals surface area contributed by atoms with Crippen LogP contribution in [0.25, 0.3) is 0 Å². The summed E-state index contributed by atoms with van der Waals surface area (Å²) in [4.78, 5) is 2.57. The van der Waals surface area contributed by atoms with E-state index in [0.29, 0.717) is 17.5 Å². The molecule has 0 aromatic carbocycles.